The van der Waals surface area contributed by atoms with Gasteiger partial charge in [-0.15, -0.1) is 0 Å². The molecule has 0 bridgehead atoms. The highest BCUT2D eigenvalue weighted by Gasteiger charge is 2.18. The second kappa shape index (κ2) is 7.73. The van der Waals surface area contributed by atoms with E-state index in [1.54, 1.807) is 12.3 Å². The van der Waals surface area contributed by atoms with Crippen LogP contribution >= 0.6 is 0 Å². The van der Waals surface area contributed by atoms with E-state index in [9.17, 15) is 4.39 Å². The fraction of sp³-hybridized carbons (Fsp3) is 0.421. The van der Waals surface area contributed by atoms with Gasteiger partial charge in [-0.2, -0.15) is 0 Å². The Balaban J connectivity index is 1.63. The van der Waals surface area contributed by atoms with Crippen LogP contribution in [-0.4, -0.2) is 43.1 Å². The normalized spacial score (nSPS) is 17.0. The first-order valence-corrected chi connectivity index (χ1v) is 8.48. The minimum absolute atomic E-state index is 0.0845. The molecule has 1 N–H and O–H groups in total. The molecule has 1 aliphatic rings. The van der Waals surface area contributed by atoms with Gasteiger partial charge in [-0.05, 0) is 43.3 Å². The Labute approximate surface area is 143 Å². The summed E-state index contributed by atoms with van der Waals surface area (Å²) in [7, 11) is 2.10. The molecule has 1 aromatic carbocycles. The van der Waals surface area contributed by atoms with Crippen LogP contribution in [-0.2, 0) is 6.54 Å². The van der Waals surface area contributed by atoms with Gasteiger partial charge in [0.25, 0.3) is 0 Å². The second-order valence-corrected chi connectivity index (χ2v) is 6.47. The number of likely N-dealkylation sites (N-methyl/N-ethyl adjacent to an activating group) is 1. The Morgan fingerprint density at radius 3 is 2.67 bits per heavy atom. The van der Waals surface area contributed by atoms with Gasteiger partial charge in [-0.1, -0.05) is 12.1 Å². The smallest absolute Gasteiger partial charge is 0.146 e. The number of pyridine rings is 1. The molecule has 5 heteroatoms. The first-order chi connectivity index (χ1) is 11.6. The lowest BCUT2D eigenvalue weighted by Crippen LogP contribution is -2.44. The third-order valence-corrected chi connectivity index (χ3v) is 4.65. The lowest BCUT2D eigenvalue weighted by Gasteiger charge is -2.34. The summed E-state index contributed by atoms with van der Waals surface area (Å²) >= 11 is 0. The molecule has 24 heavy (non-hydrogen) atoms. The maximum atomic E-state index is 14.6. The lowest BCUT2D eigenvalue weighted by molar-refractivity contribution is 0.311. The molecule has 0 aliphatic carbocycles. The third-order valence-electron chi connectivity index (χ3n) is 4.65. The number of piperazine rings is 1. The van der Waals surface area contributed by atoms with Gasteiger partial charge in [0.2, 0.25) is 0 Å². The Bertz CT molecular complexity index is 654. The van der Waals surface area contributed by atoms with Gasteiger partial charge >= 0.3 is 0 Å². The number of hydrogen-bond acceptors (Lipinski definition) is 4. The number of rotatable bonds is 5. The average molecular weight is 328 g/mol. The molecule has 1 aliphatic heterocycles. The van der Waals surface area contributed by atoms with Crippen LogP contribution < -0.4 is 10.2 Å². The standard InChI is InChI=1S/C19H25FN4/c1-15(22-14-16-4-3-7-21-13-16)17-5-6-19(18(20)12-17)24-10-8-23(2)9-11-24/h3-7,12-13,15,22H,8-11,14H2,1-2H3/t15-/m1/s1. The molecule has 128 valence electrons. The molecule has 1 aromatic heterocycles. The predicted molar refractivity (Wildman–Crippen MR) is 95.6 cm³/mol. The van der Waals surface area contributed by atoms with E-state index in [0.29, 0.717) is 5.69 Å². The minimum atomic E-state index is -0.132. The summed E-state index contributed by atoms with van der Waals surface area (Å²) < 4.78 is 14.6. The molecule has 0 saturated carbocycles. The molecule has 3 rings (SSSR count). The predicted octanol–water partition coefficient (Wildman–Crippen LogP) is 2.82. The number of halogens is 1. The van der Waals surface area contributed by atoms with Crippen molar-refractivity contribution in [2.24, 2.45) is 0 Å². The van der Waals surface area contributed by atoms with E-state index in [1.165, 1.54) is 0 Å². The molecule has 1 atom stereocenters. The van der Waals surface area contributed by atoms with Gasteiger partial charge in [-0.25, -0.2) is 4.39 Å². The van der Waals surface area contributed by atoms with Crippen LogP contribution in [0.15, 0.2) is 42.7 Å². The number of nitrogens with one attached hydrogen (secondary N) is 1. The molecule has 1 saturated heterocycles. The van der Waals surface area contributed by atoms with Crippen LogP contribution in [0, 0.1) is 5.82 Å². The Kier molecular flexibility index (Phi) is 5.43. The zero-order chi connectivity index (χ0) is 16.9. The third kappa shape index (κ3) is 4.10. The van der Waals surface area contributed by atoms with Gasteiger partial charge in [0.1, 0.15) is 5.82 Å². The van der Waals surface area contributed by atoms with Crippen molar-refractivity contribution in [3.8, 4) is 0 Å². The molecular formula is C19H25FN4. The SMILES string of the molecule is C[C@@H](NCc1cccnc1)c1ccc(N2CCN(C)CC2)c(F)c1. The van der Waals surface area contributed by atoms with Gasteiger partial charge < -0.3 is 15.1 Å². The van der Waals surface area contributed by atoms with Crippen molar-refractivity contribution in [1.82, 2.24) is 15.2 Å². The molecule has 0 radical (unpaired) electrons. The van der Waals surface area contributed by atoms with E-state index >= 15 is 0 Å². The average Bonchev–Trinajstić information content (AvgIpc) is 2.61. The van der Waals surface area contributed by atoms with Crippen molar-refractivity contribution in [2.45, 2.75) is 19.5 Å². The van der Waals surface area contributed by atoms with Gasteiger partial charge in [0, 0.05) is 51.2 Å². The van der Waals surface area contributed by atoms with Gasteiger partial charge in [0.05, 0.1) is 5.69 Å². The summed E-state index contributed by atoms with van der Waals surface area (Å²) in [6.45, 7) is 6.48. The van der Waals surface area contributed by atoms with Crippen molar-refractivity contribution in [3.63, 3.8) is 0 Å². The first kappa shape index (κ1) is 16.9. The van der Waals surface area contributed by atoms with Crippen LogP contribution in [0.5, 0.6) is 0 Å². The van der Waals surface area contributed by atoms with Crippen molar-refractivity contribution in [3.05, 3.63) is 59.7 Å². The highest BCUT2D eigenvalue weighted by atomic mass is 19.1. The summed E-state index contributed by atoms with van der Waals surface area (Å²) in [6.07, 6.45) is 3.61. The number of benzene rings is 1. The number of nitrogens with zero attached hydrogens (tertiary/aromatic N) is 3. The fourth-order valence-electron chi connectivity index (χ4n) is 2.99. The van der Waals surface area contributed by atoms with Crippen molar-refractivity contribution in [1.29, 1.82) is 0 Å². The van der Waals surface area contributed by atoms with E-state index in [4.69, 9.17) is 0 Å². The van der Waals surface area contributed by atoms with E-state index in [1.807, 2.05) is 30.5 Å². The molecule has 2 heterocycles. The van der Waals surface area contributed by atoms with E-state index in [0.717, 1.165) is 43.9 Å². The Morgan fingerprint density at radius 2 is 2.00 bits per heavy atom. The molecule has 0 unspecified atom stereocenters. The van der Waals surface area contributed by atoms with Crippen LogP contribution in [0.1, 0.15) is 24.1 Å². The topological polar surface area (TPSA) is 31.4 Å². The Morgan fingerprint density at radius 1 is 1.21 bits per heavy atom. The monoisotopic (exact) mass is 328 g/mol. The van der Waals surface area contributed by atoms with Gasteiger partial charge in [-0.3, -0.25) is 4.98 Å². The summed E-state index contributed by atoms with van der Waals surface area (Å²) in [5, 5.41) is 3.42. The van der Waals surface area contributed by atoms with E-state index in [2.05, 4.69) is 34.1 Å². The highest BCUT2D eigenvalue weighted by molar-refractivity contribution is 5.50. The maximum absolute atomic E-state index is 14.6. The molecule has 4 nitrogen and oxygen atoms in total. The van der Waals surface area contributed by atoms with E-state index < -0.39 is 0 Å². The summed E-state index contributed by atoms with van der Waals surface area (Å²) in [6, 6.07) is 9.64. The lowest BCUT2D eigenvalue weighted by atomic mass is 10.1. The Hall–Kier alpha value is -1.98. The van der Waals surface area contributed by atoms with E-state index in [-0.39, 0.29) is 11.9 Å². The molecule has 2 aromatic rings. The summed E-state index contributed by atoms with van der Waals surface area (Å²) in [5.41, 5.74) is 2.81. The van der Waals surface area contributed by atoms with Crippen LogP contribution in [0.3, 0.4) is 0 Å². The second-order valence-electron chi connectivity index (χ2n) is 6.47. The highest BCUT2D eigenvalue weighted by Crippen LogP contribution is 2.24. The minimum Gasteiger partial charge on any atom is -0.367 e. The summed E-state index contributed by atoms with van der Waals surface area (Å²) in [5.74, 6) is -0.132. The maximum Gasteiger partial charge on any atom is 0.146 e. The number of anilines is 1. The summed E-state index contributed by atoms with van der Waals surface area (Å²) in [4.78, 5) is 8.51. The largest absolute Gasteiger partial charge is 0.367 e. The van der Waals surface area contributed by atoms with Crippen LogP contribution in [0.25, 0.3) is 0 Å². The molecule has 0 amide bonds. The zero-order valence-electron chi connectivity index (χ0n) is 14.4. The first-order valence-electron chi connectivity index (χ1n) is 8.48. The molecule has 1 fully saturated rings. The quantitative estimate of drug-likeness (QED) is 0.914. The number of aromatic nitrogens is 1. The van der Waals surface area contributed by atoms with Crippen molar-refractivity contribution < 1.29 is 4.39 Å². The van der Waals surface area contributed by atoms with Crippen LogP contribution in [0.2, 0.25) is 0 Å². The van der Waals surface area contributed by atoms with Crippen LogP contribution in [0.4, 0.5) is 10.1 Å². The van der Waals surface area contributed by atoms with Crippen molar-refractivity contribution in [2.75, 3.05) is 38.1 Å². The molecular weight excluding hydrogens is 303 g/mol. The molecule has 0 spiro atoms. The fourth-order valence-corrected chi connectivity index (χ4v) is 2.99. The number of hydrogen-bond donors (Lipinski definition) is 1. The zero-order valence-corrected chi connectivity index (χ0v) is 14.4. The van der Waals surface area contributed by atoms with Gasteiger partial charge in [0.15, 0.2) is 0 Å². The van der Waals surface area contributed by atoms with Crippen molar-refractivity contribution >= 4 is 5.69 Å².